The Kier molecular flexibility index (Phi) is 4.49. The summed E-state index contributed by atoms with van der Waals surface area (Å²) in [6.07, 6.45) is 2.19. The molecule has 0 bridgehead atoms. The number of piperidine rings is 1. The maximum atomic E-state index is 12.7. The van der Waals surface area contributed by atoms with E-state index >= 15 is 0 Å². The Hall–Kier alpha value is -1.80. The number of halogens is 1. The minimum Gasteiger partial charge on any atom is -0.339 e. The van der Waals surface area contributed by atoms with Crippen molar-refractivity contribution in [3.63, 3.8) is 0 Å². The molecule has 0 aliphatic carbocycles. The molecule has 114 valence electrons. The van der Waals surface area contributed by atoms with E-state index < -0.39 is 0 Å². The lowest BCUT2D eigenvalue weighted by Crippen LogP contribution is -2.37. The second-order valence-corrected chi connectivity index (χ2v) is 6.44. The monoisotopic (exact) mass is 313 g/mol. The summed E-state index contributed by atoms with van der Waals surface area (Å²) in [5.41, 5.74) is 2.69. The van der Waals surface area contributed by atoms with Crippen molar-refractivity contribution in [2.45, 2.75) is 19.8 Å². The number of carbonyl (C=O) groups excluding carboxylic acids is 1. The highest BCUT2D eigenvalue weighted by molar-refractivity contribution is 6.33. The number of rotatable bonds is 2. The van der Waals surface area contributed by atoms with Crippen LogP contribution in [0.1, 0.15) is 30.1 Å². The zero-order chi connectivity index (χ0) is 15.5. The van der Waals surface area contributed by atoms with Gasteiger partial charge in [0.2, 0.25) is 0 Å². The van der Waals surface area contributed by atoms with Gasteiger partial charge in [-0.2, -0.15) is 0 Å². The van der Waals surface area contributed by atoms with Gasteiger partial charge < -0.3 is 4.90 Å². The molecule has 1 heterocycles. The van der Waals surface area contributed by atoms with Crippen LogP contribution in [0.15, 0.2) is 48.5 Å². The van der Waals surface area contributed by atoms with Gasteiger partial charge in [-0.1, -0.05) is 48.9 Å². The van der Waals surface area contributed by atoms with Gasteiger partial charge in [0.05, 0.1) is 0 Å². The zero-order valence-corrected chi connectivity index (χ0v) is 13.5. The van der Waals surface area contributed by atoms with Crippen molar-refractivity contribution in [2.75, 3.05) is 13.1 Å². The van der Waals surface area contributed by atoms with E-state index in [4.69, 9.17) is 11.6 Å². The van der Waals surface area contributed by atoms with Crippen molar-refractivity contribution < 1.29 is 4.79 Å². The van der Waals surface area contributed by atoms with Crippen LogP contribution in [0, 0.1) is 5.92 Å². The van der Waals surface area contributed by atoms with Crippen molar-refractivity contribution in [3.8, 4) is 11.1 Å². The predicted molar refractivity (Wildman–Crippen MR) is 91.2 cm³/mol. The van der Waals surface area contributed by atoms with Crippen LogP contribution in [0.25, 0.3) is 11.1 Å². The van der Waals surface area contributed by atoms with Gasteiger partial charge in [0, 0.05) is 29.2 Å². The van der Waals surface area contributed by atoms with Gasteiger partial charge in [-0.3, -0.25) is 4.79 Å². The molecule has 0 spiro atoms. The number of carbonyl (C=O) groups is 1. The summed E-state index contributed by atoms with van der Waals surface area (Å²) in [5.74, 6) is 0.847. The first-order valence-corrected chi connectivity index (χ1v) is 8.17. The van der Waals surface area contributed by atoms with Crippen molar-refractivity contribution in [1.29, 1.82) is 0 Å². The van der Waals surface area contributed by atoms with Crippen LogP contribution in [0.4, 0.5) is 0 Å². The second kappa shape index (κ2) is 6.53. The predicted octanol–water partition coefficient (Wildman–Crippen LogP) is 4.88. The summed E-state index contributed by atoms with van der Waals surface area (Å²) in [7, 11) is 0. The highest BCUT2D eigenvalue weighted by Crippen LogP contribution is 2.28. The normalized spacial score (nSPS) is 15.8. The maximum absolute atomic E-state index is 12.7. The van der Waals surface area contributed by atoms with E-state index in [2.05, 4.69) is 6.92 Å². The smallest absolute Gasteiger partial charge is 0.253 e. The van der Waals surface area contributed by atoms with Crippen LogP contribution in [-0.2, 0) is 0 Å². The Balaban J connectivity index is 1.85. The first-order valence-electron chi connectivity index (χ1n) is 7.79. The lowest BCUT2D eigenvalue weighted by molar-refractivity contribution is 0.0697. The lowest BCUT2D eigenvalue weighted by Gasteiger charge is -2.30. The molecule has 2 nitrogen and oxygen atoms in total. The fourth-order valence-electron chi connectivity index (χ4n) is 2.91. The summed E-state index contributed by atoms with van der Waals surface area (Å²) < 4.78 is 0. The van der Waals surface area contributed by atoms with E-state index in [1.807, 2.05) is 53.4 Å². The average Bonchev–Trinajstić information content (AvgIpc) is 2.55. The van der Waals surface area contributed by atoms with Crippen molar-refractivity contribution >= 4 is 17.5 Å². The summed E-state index contributed by atoms with van der Waals surface area (Å²) in [4.78, 5) is 14.6. The molecule has 0 N–H and O–H groups in total. The highest BCUT2D eigenvalue weighted by Gasteiger charge is 2.21. The van der Waals surface area contributed by atoms with E-state index in [-0.39, 0.29) is 5.91 Å². The fourth-order valence-corrected chi connectivity index (χ4v) is 3.15. The first kappa shape index (κ1) is 15.1. The Morgan fingerprint density at radius 1 is 1.09 bits per heavy atom. The summed E-state index contributed by atoms with van der Waals surface area (Å²) in [5, 5.41) is 0.707. The Morgan fingerprint density at radius 3 is 2.55 bits per heavy atom. The largest absolute Gasteiger partial charge is 0.339 e. The minimum absolute atomic E-state index is 0.126. The number of amides is 1. The second-order valence-electron chi connectivity index (χ2n) is 6.04. The molecule has 3 rings (SSSR count). The molecule has 2 aromatic carbocycles. The lowest BCUT2D eigenvalue weighted by atomic mass is 9.98. The van der Waals surface area contributed by atoms with Gasteiger partial charge in [-0.15, -0.1) is 0 Å². The third-order valence-electron chi connectivity index (χ3n) is 4.37. The van der Waals surface area contributed by atoms with E-state index in [1.54, 1.807) is 0 Å². The molecular formula is C19H20ClNO. The van der Waals surface area contributed by atoms with Gasteiger partial charge >= 0.3 is 0 Å². The highest BCUT2D eigenvalue weighted by atomic mass is 35.5. The van der Waals surface area contributed by atoms with Crippen LogP contribution in [0.2, 0.25) is 5.02 Å². The van der Waals surface area contributed by atoms with Crippen molar-refractivity contribution in [1.82, 2.24) is 4.90 Å². The van der Waals surface area contributed by atoms with E-state index in [0.29, 0.717) is 5.02 Å². The van der Waals surface area contributed by atoms with Crippen LogP contribution < -0.4 is 0 Å². The van der Waals surface area contributed by atoms with Gasteiger partial charge in [-0.25, -0.2) is 0 Å². The van der Waals surface area contributed by atoms with E-state index in [1.165, 1.54) is 0 Å². The van der Waals surface area contributed by atoms with Crippen LogP contribution >= 0.6 is 11.6 Å². The summed E-state index contributed by atoms with van der Waals surface area (Å²) in [6, 6.07) is 15.5. The topological polar surface area (TPSA) is 20.3 Å². The fraction of sp³-hybridized carbons (Fsp3) is 0.316. The molecule has 22 heavy (non-hydrogen) atoms. The van der Waals surface area contributed by atoms with Gasteiger partial charge in [0.15, 0.2) is 0 Å². The first-order chi connectivity index (χ1) is 10.6. The molecule has 1 fully saturated rings. The summed E-state index contributed by atoms with van der Waals surface area (Å²) >= 11 is 6.26. The summed E-state index contributed by atoms with van der Waals surface area (Å²) in [6.45, 7) is 3.96. The van der Waals surface area contributed by atoms with Crippen molar-refractivity contribution in [3.05, 3.63) is 59.1 Å². The maximum Gasteiger partial charge on any atom is 0.253 e. The quantitative estimate of drug-likeness (QED) is 0.774. The van der Waals surface area contributed by atoms with Crippen molar-refractivity contribution in [2.24, 2.45) is 5.92 Å². The molecular weight excluding hydrogens is 294 g/mol. The molecule has 2 aromatic rings. The third-order valence-corrected chi connectivity index (χ3v) is 4.69. The van der Waals surface area contributed by atoms with Gasteiger partial charge in [0.1, 0.15) is 0 Å². The van der Waals surface area contributed by atoms with Crippen LogP contribution in [0.3, 0.4) is 0 Å². The molecule has 3 heteroatoms. The van der Waals surface area contributed by atoms with Crippen LogP contribution in [-0.4, -0.2) is 23.9 Å². The molecule has 1 aliphatic rings. The molecule has 1 aliphatic heterocycles. The number of likely N-dealkylation sites (tertiary alicyclic amines) is 1. The number of nitrogens with zero attached hydrogens (tertiary/aromatic N) is 1. The molecule has 0 saturated carbocycles. The standard InChI is InChI=1S/C19H20ClNO/c1-14-9-11-21(12-10-14)19(22)16-6-4-5-15(13-16)17-7-2-3-8-18(17)20/h2-8,13-14H,9-12H2,1H3. The minimum atomic E-state index is 0.126. The SMILES string of the molecule is CC1CCN(C(=O)c2cccc(-c3ccccc3Cl)c2)CC1. The zero-order valence-electron chi connectivity index (χ0n) is 12.8. The third kappa shape index (κ3) is 3.17. The number of benzene rings is 2. The van der Waals surface area contributed by atoms with Gasteiger partial charge in [0.25, 0.3) is 5.91 Å². The molecule has 1 amide bonds. The molecule has 0 atom stereocenters. The molecule has 0 unspecified atom stereocenters. The van der Waals surface area contributed by atoms with Gasteiger partial charge in [-0.05, 0) is 42.5 Å². The van der Waals surface area contributed by atoms with E-state index in [9.17, 15) is 4.79 Å². The Morgan fingerprint density at radius 2 is 1.82 bits per heavy atom. The molecule has 0 radical (unpaired) electrons. The van der Waals surface area contributed by atoms with Crippen LogP contribution in [0.5, 0.6) is 0 Å². The average molecular weight is 314 g/mol. The number of hydrogen-bond donors (Lipinski definition) is 0. The number of hydrogen-bond acceptors (Lipinski definition) is 1. The Bertz CT molecular complexity index is 675. The van der Waals surface area contributed by atoms with E-state index in [0.717, 1.165) is 48.5 Å². The molecule has 1 saturated heterocycles. The Labute approximate surface area is 136 Å². The molecule has 0 aromatic heterocycles.